The molecule has 25 heavy (non-hydrogen) atoms. The number of methoxy groups -OCH3 is 1. The summed E-state index contributed by atoms with van der Waals surface area (Å²) in [6.45, 7) is 1.74. The lowest BCUT2D eigenvalue weighted by Gasteiger charge is -2.21. The Hall–Kier alpha value is -3.15. The van der Waals surface area contributed by atoms with Crippen molar-refractivity contribution in [2.75, 3.05) is 7.11 Å². The quantitative estimate of drug-likeness (QED) is 0.646. The monoisotopic (exact) mass is 338 g/mol. The van der Waals surface area contributed by atoms with Crippen LogP contribution in [-0.2, 0) is 14.3 Å². The summed E-state index contributed by atoms with van der Waals surface area (Å²) < 4.78 is 4.79. The Bertz CT molecular complexity index is 877. The van der Waals surface area contributed by atoms with E-state index in [0.29, 0.717) is 27.8 Å². The Morgan fingerprint density at radius 2 is 2.00 bits per heavy atom. The molecule has 1 aliphatic heterocycles. The van der Waals surface area contributed by atoms with E-state index in [1.54, 1.807) is 37.3 Å². The molecule has 0 aromatic heterocycles. The fraction of sp³-hybridized carbons (Fsp3) is 0.211. The number of hydrogen-bond acceptors (Lipinski definition) is 4. The maximum absolute atomic E-state index is 12.3. The zero-order chi connectivity index (χ0) is 18.1. The molecule has 2 aliphatic rings. The van der Waals surface area contributed by atoms with E-state index >= 15 is 0 Å². The summed E-state index contributed by atoms with van der Waals surface area (Å²) in [7, 11) is 1.30. The van der Waals surface area contributed by atoms with Crippen LogP contribution in [0.25, 0.3) is 5.57 Å². The van der Waals surface area contributed by atoms with Crippen molar-refractivity contribution < 1.29 is 19.1 Å². The van der Waals surface area contributed by atoms with Crippen molar-refractivity contribution in [3.63, 3.8) is 0 Å². The van der Waals surface area contributed by atoms with Gasteiger partial charge >= 0.3 is 5.97 Å². The molecule has 3 N–H and O–H groups in total. The van der Waals surface area contributed by atoms with E-state index in [9.17, 15) is 14.4 Å². The highest BCUT2D eigenvalue weighted by Crippen LogP contribution is 2.37. The maximum Gasteiger partial charge on any atom is 0.338 e. The zero-order valence-corrected chi connectivity index (χ0v) is 14.0. The molecule has 6 nitrogen and oxygen atoms in total. The highest BCUT2D eigenvalue weighted by Gasteiger charge is 2.33. The highest BCUT2D eigenvalue weighted by atomic mass is 16.5. The summed E-state index contributed by atoms with van der Waals surface area (Å²) in [4.78, 5) is 36.0. The molecule has 6 heteroatoms. The Labute approximate surface area is 145 Å². The van der Waals surface area contributed by atoms with Crippen LogP contribution in [0.1, 0.15) is 27.9 Å². The molecule has 128 valence electrons. The second-order valence-electron chi connectivity index (χ2n) is 5.95. The number of allylic oxidation sites excluding steroid dienone is 4. The number of rotatable bonds is 3. The fourth-order valence-electron chi connectivity index (χ4n) is 3.33. The van der Waals surface area contributed by atoms with Crippen LogP contribution < -0.4 is 11.1 Å². The van der Waals surface area contributed by atoms with Gasteiger partial charge in [0.15, 0.2) is 0 Å². The van der Waals surface area contributed by atoms with Gasteiger partial charge in [-0.25, -0.2) is 4.79 Å². The number of fused-ring (bicyclic) bond motifs is 1. The van der Waals surface area contributed by atoms with Gasteiger partial charge in [0, 0.05) is 18.0 Å². The zero-order valence-electron chi connectivity index (χ0n) is 14.0. The Kier molecular flexibility index (Phi) is 4.27. The van der Waals surface area contributed by atoms with E-state index in [1.165, 1.54) is 7.11 Å². The van der Waals surface area contributed by atoms with Gasteiger partial charge in [-0.05, 0) is 35.8 Å². The third-order valence-corrected chi connectivity index (χ3v) is 4.52. The maximum atomic E-state index is 12.3. The SMILES string of the molecule is COC(=O)c1cccc(C(C(N)=O)=C2C=CC=C3NC(=O)CC32)c1C. The van der Waals surface area contributed by atoms with Crippen molar-refractivity contribution in [3.05, 3.63) is 64.4 Å². The number of amides is 2. The third-order valence-electron chi connectivity index (χ3n) is 4.52. The Balaban J connectivity index is 2.20. The fourth-order valence-corrected chi connectivity index (χ4v) is 3.33. The normalized spacial score (nSPS) is 20.5. The van der Waals surface area contributed by atoms with E-state index in [4.69, 9.17) is 10.5 Å². The second-order valence-corrected chi connectivity index (χ2v) is 5.95. The Morgan fingerprint density at radius 1 is 1.28 bits per heavy atom. The van der Waals surface area contributed by atoms with Gasteiger partial charge in [0.25, 0.3) is 0 Å². The molecule has 0 saturated carbocycles. The number of nitrogens with two attached hydrogens (primary N) is 1. The van der Waals surface area contributed by atoms with Gasteiger partial charge in [-0.3, -0.25) is 9.59 Å². The molecule has 1 heterocycles. The summed E-state index contributed by atoms with van der Waals surface area (Å²) in [5.74, 6) is -1.42. The summed E-state index contributed by atoms with van der Waals surface area (Å²) in [5.41, 5.74) is 8.96. The van der Waals surface area contributed by atoms with Crippen molar-refractivity contribution in [1.82, 2.24) is 5.32 Å². The molecular weight excluding hydrogens is 320 g/mol. The molecule has 3 rings (SSSR count). The van der Waals surface area contributed by atoms with Crippen LogP contribution in [0.4, 0.5) is 0 Å². The average molecular weight is 338 g/mol. The molecule has 1 aromatic rings. The first kappa shape index (κ1) is 16.7. The van der Waals surface area contributed by atoms with E-state index in [-0.39, 0.29) is 18.2 Å². The molecule has 2 amide bonds. The summed E-state index contributed by atoms with van der Waals surface area (Å²) in [6, 6.07) is 5.06. The van der Waals surface area contributed by atoms with Gasteiger partial charge < -0.3 is 15.8 Å². The number of ether oxygens (including phenoxy) is 1. The molecule has 0 radical (unpaired) electrons. The molecule has 0 bridgehead atoms. The van der Waals surface area contributed by atoms with Crippen LogP contribution in [0, 0.1) is 12.8 Å². The van der Waals surface area contributed by atoms with Gasteiger partial charge in [-0.1, -0.05) is 24.3 Å². The second kappa shape index (κ2) is 6.39. The van der Waals surface area contributed by atoms with Crippen molar-refractivity contribution >= 4 is 23.4 Å². The topological polar surface area (TPSA) is 98.5 Å². The van der Waals surface area contributed by atoms with Crippen molar-refractivity contribution in [3.8, 4) is 0 Å². The number of primary amides is 1. The Morgan fingerprint density at radius 3 is 2.68 bits per heavy atom. The van der Waals surface area contributed by atoms with E-state index < -0.39 is 11.9 Å². The van der Waals surface area contributed by atoms with Crippen LogP contribution in [0.3, 0.4) is 0 Å². The minimum absolute atomic E-state index is 0.0960. The van der Waals surface area contributed by atoms with Crippen LogP contribution in [0.5, 0.6) is 0 Å². The molecule has 1 atom stereocenters. The predicted octanol–water partition coefficient (Wildman–Crippen LogP) is 1.61. The van der Waals surface area contributed by atoms with Crippen molar-refractivity contribution in [2.24, 2.45) is 11.7 Å². The first-order valence-corrected chi connectivity index (χ1v) is 7.84. The predicted molar refractivity (Wildman–Crippen MR) is 92.1 cm³/mol. The van der Waals surface area contributed by atoms with Gasteiger partial charge in [-0.15, -0.1) is 0 Å². The molecule has 1 unspecified atom stereocenters. The molecular formula is C19H18N2O4. The molecule has 1 saturated heterocycles. The summed E-state index contributed by atoms with van der Waals surface area (Å²) in [6.07, 6.45) is 5.64. The van der Waals surface area contributed by atoms with E-state index in [1.807, 2.05) is 6.08 Å². The summed E-state index contributed by atoms with van der Waals surface area (Å²) >= 11 is 0. The number of esters is 1. The summed E-state index contributed by atoms with van der Waals surface area (Å²) in [5, 5.41) is 2.79. The molecule has 1 aromatic carbocycles. The van der Waals surface area contributed by atoms with Crippen LogP contribution in [-0.4, -0.2) is 24.9 Å². The molecule has 1 fully saturated rings. The molecule has 0 spiro atoms. The van der Waals surface area contributed by atoms with Gasteiger partial charge in [0.05, 0.1) is 18.2 Å². The minimum atomic E-state index is -0.606. The van der Waals surface area contributed by atoms with Gasteiger partial charge in [0.1, 0.15) is 0 Å². The lowest BCUT2D eigenvalue weighted by atomic mass is 9.83. The largest absolute Gasteiger partial charge is 0.465 e. The number of carbonyl (C=O) groups excluding carboxylic acids is 3. The lowest BCUT2D eigenvalue weighted by molar-refractivity contribution is -0.119. The number of hydrogen-bond donors (Lipinski definition) is 2. The number of nitrogens with one attached hydrogen (secondary N) is 1. The smallest absolute Gasteiger partial charge is 0.338 e. The highest BCUT2D eigenvalue weighted by molar-refractivity contribution is 6.21. The lowest BCUT2D eigenvalue weighted by Crippen LogP contribution is -2.20. The molecule has 1 aliphatic carbocycles. The van der Waals surface area contributed by atoms with Crippen LogP contribution >= 0.6 is 0 Å². The van der Waals surface area contributed by atoms with E-state index in [2.05, 4.69) is 5.32 Å². The van der Waals surface area contributed by atoms with Crippen LogP contribution in [0.15, 0.2) is 47.7 Å². The first-order valence-electron chi connectivity index (χ1n) is 7.84. The number of benzene rings is 1. The first-order chi connectivity index (χ1) is 11.9. The van der Waals surface area contributed by atoms with E-state index in [0.717, 1.165) is 5.70 Å². The standard InChI is InChI=1S/C19H18N2O4/c1-10-11(5-3-6-12(10)19(24)25-2)17(18(20)23)13-7-4-8-15-14(13)9-16(22)21-15/h3-8,14H,9H2,1-2H3,(H2,20,23)(H,21,22). The average Bonchev–Trinajstić information content (AvgIpc) is 2.96. The third kappa shape index (κ3) is 2.87. The van der Waals surface area contributed by atoms with Crippen molar-refractivity contribution in [1.29, 1.82) is 0 Å². The van der Waals surface area contributed by atoms with Crippen LogP contribution in [0.2, 0.25) is 0 Å². The number of carbonyl (C=O) groups is 3. The van der Waals surface area contributed by atoms with Crippen molar-refractivity contribution in [2.45, 2.75) is 13.3 Å². The minimum Gasteiger partial charge on any atom is -0.465 e. The van der Waals surface area contributed by atoms with Gasteiger partial charge in [0.2, 0.25) is 11.8 Å². The van der Waals surface area contributed by atoms with Gasteiger partial charge in [-0.2, -0.15) is 0 Å².